The Balaban J connectivity index is 1.67. The molecule has 1 saturated heterocycles. The molecular weight excluding hydrogens is 356 g/mol. The molecule has 28 heavy (non-hydrogen) atoms. The smallest absolute Gasteiger partial charge is 0.274 e. The largest absolute Gasteiger partial charge is 0.385 e. The number of benzene rings is 1. The number of nitrogens with zero attached hydrogens (tertiary/aromatic N) is 3. The van der Waals surface area contributed by atoms with Gasteiger partial charge in [-0.05, 0) is 44.4 Å². The lowest BCUT2D eigenvalue weighted by atomic mass is 9.84. The Labute approximate surface area is 165 Å². The Morgan fingerprint density at radius 2 is 1.89 bits per heavy atom. The van der Waals surface area contributed by atoms with Gasteiger partial charge in [0.2, 0.25) is 0 Å². The Morgan fingerprint density at radius 1 is 1.18 bits per heavy atom. The second kappa shape index (κ2) is 9.01. The SMILES string of the molecule is CCn1ccc(C(=O)N2CCC(CCOC)(NC(=O)c3ccccc3)CC2)n1. The molecule has 150 valence electrons. The fourth-order valence-corrected chi connectivity index (χ4v) is 3.59. The maximum Gasteiger partial charge on any atom is 0.274 e. The van der Waals surface area contributed by atoms with Gasteiger partial charge in [0.25, 0.3) is 11.8 Å². The van der Waals surface area contributed by atoms with Crippen molar-refractivity contribution >= 4 is 11.8 Å². The van der Waals surface area contributed by atoms with Crippen LogP contribution in [0.25, 0.3) is 0 Å². The summed E-state index contributed by atoms with van der Waals surface area (Å²) in [6.07, 6.45) is 3.92. The highest BCUT2D eigenvalue weighted by atomic mass is 16.5. The molecule has 0 radical (unpaired) electrons. The van der Waals surface area contributed by atoms with Crippen LogP contribution in [0.3, 0.4) is 0 Å². The van der Waals surface area contributed by atoms with Gasteiger partial charge in [0.1, 0.15) is 5.69 Å². The normalized spacial score (nSPS) is 16.0. The van der Waals surface area contributed by atoms with E-state index in [4.69, 9.17) is 4.74 Å². The summed E-state index contributed by atoms with van der Waals surface area (Å²) < 4.78 is 7.02. The van der Waals surface area contributed by atoms with E-state index >= 15 is 0 Å². The highest BCUT2D eigenvalue weighted by Crippen LogP contribution is 2.27. The average molecular weight is 384 g/mol. The number of aryl methyl sites for hydroxylation is 1. The number of rotatable bonds is 7. The van der Waals surface area contributed by atoms with Crippen molar-refractivity contribution in [3.05, 3.63) is 53.9 Å². The van der Waals surface area contributed by atoms with Crippen molar-refractivity contribution in [2.45, 2.75) is 38.3 Å². The zero-order valence-electron chi connectivity index (χ0n) is 16.6. The second-order valence-electron chi connectivity index (χ2n) is 7.19. The van der Waals surface area contributed by atoms with Crippen LogP contribution < -0.4 is 5.32 Å². The molecule has 2 aromatic rings. The maximum absolute atomic E-state index is 12.7. The van der Waals surface area contributed by atoms with Gasteiger partial charge < -0.3 is 15.0 Å². The molecule has 2 amide bonds. The molecule has 1 aliphatic heterocycles. The molecule has 0 saturated carbocycles. The fraction of sp³-hybridized carbons (Fsp3) is 0.476. The molecule has 7 heteroatoms. The first-order chi connectivity index (χ1) is 13.6. The predicted molar refractivity (Wildman–Crippen MR) is 106 cm³/mol. The average Bonchev–Trinajstić information content (AvgIpc) is 3.22. The van der Waals surface area contributed by atoms with Crippen LogP contribution in [-0.4, -0.2) is 58.8 Å². The van der Waals surface area contributed by atoms with Crippen molar-refractivity contribution in [3.63, 3.8) is 0 Å². The minimum Gasteiger partial charge on any atom is -0.385 e. The molecule has 0 unspecified atom stereocenters. The summed E-state index contributed by atoms with van der Waals surface area (Å²) in [5, 5.41) is 7.53. The summed E-state index contributed by atoms with van der Waals surface area (Å²) in [6, 6.07) is 11.0. The Bertz CT molecular complexity index is 795. The van der Waals surface area contributed by atoms with Crippen LogP contribution in [0.5, 0.6) is 0 Å². The molecule has 3 rings (SSSR count). The summed E-state index contributed by atoms with van der Waals surface area (Å²) in [5.74, 6) is -0.139. The van der Waals surface area contributed by atoms with E-state index in [0.29, 0.717) is 50.2 Å². The van der Waals surface area contributed by atoms with E-state index < -0.39 is 0 Å². The van der Waals surface area contributed by atoms with Gasteiger partial charge in [0.05, 0.1) is 0 Å². The maximum atomic E-state index is 12.7. The monoisotopic (exact) mass is 384 g/mol. The molecule has 1 aromatic carbocycles. The Morgan fingerprint density at radius 3 is 2.50 bits per heavy atom. The minimum atomic E-state index is -0.373. The first-order valence-corrected chi connectivity index (χ1v) is 9.76. The molecule has 0 atom stereocenters. The van der Waals surface area contributed by atoms with Crippen LogP contribution in [0.1, 0.15) is 47.0 Å². The molecule has 1 fully saturated rings. The minimum absolute atomic E-state index is 0.0538. The molecular formula is C21H28N4O3. The number of nitrogens with one attached hydrogen (secondary N) is 1. The van der Waals surface area contributed by atoms with Gasteiger partial charge >= 0.3 is 0 Å². The van der Waals surface area contributed by atoms with E-state index in [-0.39, 0.29) is 17.4 Å². The Kier molecular flexibility index (Phi) is 6.46. The number of amides is 2. The number of carbonyl (C=O) groups is 2. The highest BCUT2D eigenvalue weighted by Gasteiger charge is 2.37. The zero-order chi connectivity index (χ0) is 20.0. The lowest BCUT2D eigenvalue weighted by Gasteiger charge is -2.42. The quantitative estimate of drug-likeness (QED) is 0.795. The first-order valence-electron chi connectivity index (χ1n) is 9.76. The van der Waals surface area contributed by atoms with Crippen molar-refractivity contribution < 1.29 is 14.3 Å². The summed E-state index contributed by atoms with van der Waals surface area (Å²) in [5.41, 5.74) is 0.741. The standard InChI is InChI=1S/C21H28N4O3/c1-3-25-13-9-18(23-25)20(27)24-14-10-21(11-15-24,12-16-28-2)22-19(26)17-7-5-4-6-8-17/h4-9,13H,3,10-12,14-16H2,1-2H3,(H,22,26). The lowest BCUT2D eigenvalue weighted by molar-refractivity contribution is 0.0554. The van der Waals surface area contributed by atoms with Crippen LogP contribution in [0.15, 0.2) is 42.6 Å². The molecule has 7 nitrogen and oxygen atoms in total. The van der Waals surface area contributed by atoms with Gasteiger partial charge in [-0.3, -0.25) is 14.3 Å². The number of methoxy groups -OCH3 is 1. The van der Waals surface area contributed by atoms with Crippen LogP contribution in [0.4, 0.5) is 0 Å². The summed E-state index contributed by atoms with van der Waals surface area (Å²) >= 11 is 0. The number of hydrogen-bond donors (Lipinski definition) is 1. The summed E-state index contributed by atoms with van der Waals surface area (Å²) in [6.45, 7) is 4.44. The van der Waals surface area contributed by atoms with Gasteiger partial charge in [0, 0.05) is 50.7 Å². The van der Waals surface area contributed by atoms with Crippen LogP contribution in [-0.2, 0) is 11.3 Å². The van der Waals surface area contributed by atoms with E-state index in [0.717, 1.165) is 6.54 Å². The second-order valence-corrected chi connectivity index (χ2v) is 7.19. The molecule has 1 aliphatic rings. The van der Waals surface area contributed by atoms with E-state index in [1.54, 1.807) is 17.9 Å². The number of hydrogen-bond acceptors (Lipinski definition) is 4. The number of carbonyl (C=O) groups excluding carboxylic acids is 2. The summed E-state index contributed by atoms with van der Waals surface area (Å²) in [4.78, 5) is 27.3. The van der Waals surface area contributed by atoms with E-state index in [9.17, 15) is 9.59 Å². The van der Waals surface area contributed by atoms with Crippen molar-refractivity contribution in [2.24, 2.45) is 0 Å². The number of likely N-dealkylation sites (tertiary alicyclic amines) is 1. The third kappa shape index (κ3) is 4.59. The topological polar surface area (TPSA) is 76.5 Å². The van der Waals surface area contributed by atoms with E-state index in [1.807, 2.05) is 48.4 Å². The third-order valence-corrected chi connectivity index (χ3v) is 5.39. The van der Waals surface area contributed by atoms with Crippen molar-refractivity contribution in [2.75, 3.05) is 26.8 Å². The first kappa shape index (κ1) is 20.1. The van der Waals surface area contributed by atoms with Gasteiger partial charge in [-0.2, -0.15) is 5.10 Å². The number of piperidine rings is 1. The van der Waals surface area contributed by atoms with Gasteiger partial charge in [-0.25, -0.2) is 0 Å². The van der Waals surface area contributed by atoms with Crippen LogP contribution >= 0.6 is 0 Å². The van der Waals surface area contributed by atoms with Crippen molar-refractivity contribution in [1.82, 2.24) is 20.0 Å². The third-order valence-electron chi connectivity index (χ3n) is 5.39. The van der Waals surface area contributed by atoms with E-state index in [2.05, 4.69) is 10.4 Å². The molecule has 0 spiro atoms. The van der Waals surface area contributed by atoms with Crippen molar-refractivity contribution in [3.8, 4) is 0 Å². The van der Waals surface area contributed by atoms with Gasteiger partial charge in [-0.15, -0.1) is 0 Å². The molecule has 1 N–H and O–H groups in total. The highest BCUT2D eigenvalue weighted by molar-refractivity contribution is 5.95. The zero-order valence-corrected chi connectivity index (χ0v) is 16.6. The van der Waals surface area contributed by atoms with E-state index in [1.165, 1.54) is 0 Å². The molecule has 1 aromatic heterocycles. The van der Waals surface area contributed by atoms with Crippen molar-refractivity contribution in [1.29, 1.82) is 0 Å². The molecule has 0 bridgehead atoms. The number of ether oxygens (including phenoxy) is 1. The summed E-state index contributed by atoms with van der Waals surface area (Å²) in [7, 11) is 1.66. The lowest BCUT2D eigenvalue weighted by Crippen LogP contribution is -2.56. The number of aromatic nitrogens is 2. The van der Waals surface area contributed by atoms with Crippen LogP contribution in [0.2, 0.25) is 0 Å². The van der Waals surface area contributed by atoms with Crippen LogP contribution in [0, 0.1) is 0 Å². The Hall–Kier alpha value is -2.67. The molecule has 2 heterocycles. The molecule has 0 aliphatic carbocycles. The predicted octanol–water partition coefficient (Wildman–Crippen LogP) is 2.34. The fourth-order valence-electron chi connectivity index (χ4n) is 3.59. The van der Waals surface area contributed by atoms with Gasteiger partial charge in [-0.1, -0.05) is 18.2 Å². The van der Waals surface area contributed by atoms with Gasteiger partial charge in [0.15, 0.2) is 0 Å².